The van der Waals surface area contributed by atoms with Gasteiger partial charge in [-0.05, 0) is 59.3 Å². The largest absolute Gasteiger partial charge is 0.347 e. The van der Waals surface area contributed by atoms with E-state index in [4.69, 9.17) is 0 Å². The van der Waals surface area contributed by atoms with Gasteiger partial charge in [0.05, 0.1) is 5.52 Å². The Morgan fingerprint density at radius 2 is 2.23 bits per heavy atom. The molecule has 3 heteroatoms. The summed E-state index contributed by atoms with van der Waals surface area (Å²) < 4.78 is 2.51. The number of nitrogens with one attached hydrogen (secondary N) is 1. The average Bonchev–Trinajstić information content (AvgIpc) is 3.27. The number of thiophene rings is 1. The SMILES string of the molecule is c1cc2c3c(c1)c(C1CCNC1c1ccsc1)cn3CCC2. The highest BCUT2D eigenvalue weighted by Crippen LogP contribution is 2.43. The van der Waals surface area contributed by atoms with Gasteiger partial charge in [0.2, 0.25) is 0 Å². The first-order valence-electron chi connectivity index (χ1n) is 8.28. The predicted octanol–water partition coefficient (Wildman–Crippen LogP) is 4.47. The lowest BCUT2D eigenvalue weighted by atomic mass is 9.88. The van der Waals surface area contributed by atoms with Crippen molar-refractivity contribution in [1.29, 1.82) is 0 Å². The molecule has 2 aromatic heterocycles. The molecule has 2 aliphatic rings. The lowest BCUT2D eigenvalue weighted by Gasteiger charge is -2.18. The van der Waals surface area contributed by atoms with E-state index in [1.807, 2.05) is 0 Å². The number of hydrogen-bond donors (Lipinski definition) is 1. The van der Waals surface area contributed by atoms with Gasteiger partial charge in [-0.2, -0.15) is 11.3 Å². The molecule has 1 fully saturated rings. The van der Waals surface area contributed by atoms with Crippen molar-refractivity contribution in [3.8, 4) is 0 Å². The summed E-state index contributed by atoms with van der Waals surface area (Å²) in [6.45, 7) is 2.30. The monoisotopic (exact) mass is 308 g/mol. The molecule has 0 saturated carbocycles. The predicted molar refractivity (Wildman–Crippen MR) is 92.7 cm³/mol. The van der Waals surface area contributed by atoms with Crippen molar-refractivity contribution in [3.63, 3.8) is 0 Å². The lowest BCUT2D eigenvalue weighted by molar-refractivity contribution is 0.577. The molecule has 1 saturated heterocycles. The second kappa shape index (κ2) is 4.97. The maximum Gasteiger partial charge on any atom is 0.0515 e. The zero-order chi connectivity index (χ0) is 14.5. The third-order valence-corrected chi connectivity index (χ3v) is 6.08. The lowest BCUT2D eigenvalue weighted by Crippen LogP contribution is -2.16. The van der Waals surface area contributed by atoms with Crippen LogP contribution in [0, 0.1) is 0 Å². The van der Waals surface area contributed by atoms with Crippen molar-refractivity contribution in [2.24, 2.45) is 0 Å². The number of nitrogens with zero attached hydrogens (tertiary/aromatic N) is 1. The molecule has 1 N–H and O–H groups in total. The Labute approximate surface area is 134 Å². The highest BCUT2D eigenvalue weighted by molar-refractivity contribution is 7.08. The summed E-state index contributed by atoms with van der Waals surface area (Å²) in [7, 11) is 0. The van der Waals surface area contributed by atoms with Gasteiger partial charge in [-0.1, -0.05) is 18.2 Å². The van der Waals surface area contributed by atoms with Crippen molar-refractivity contribution in [2.45, 2.75) is 37.8 Å². The molecule has 1 aromatic carbocycles. The summed E-state index contributed by atoms with van der Waals surface area (Å²) in [5, 5.41) is 9.72. The quantitative estimate of drug-likeness (QED) is 0.739. The van der Waals surface area contributed by atoms with Crippen LogP contribution >= 0.6 is 11.3 Å². The first kappa shape index (κ1) is 12.9. The first-order chi connectivity index (χ1) is 10.9. The Morgan fingerprint density at radius 1 is 1.23 bits per heavy atom. The molecule has 4 heterocycles. The molecular formula is C19H20N2S. The number of hydrogen-bond acceptors (Lipinski definition) is 2. The van der Waals surface area contributed by atoms with Gasteiger partial charge in [-0.25, -0.2) is 0 Å². The highest BCUT2D eigenvalue weighted by atomic mass is 32.1. The van der Waals surface area contributed by atoms with E-state index in [2.05, 4.69) is 51.1 Å². The summed E-state index contributed by atoms with van der Waals surface area (Å²) >= 11 is 1.80. The molecule has 22 heavy (non-hydrogen) atoms. The summed E-state index contributed by atoms with van der Waals surface area (Å²) in [4.78, 5) is 0. The Morgan fingerprint density at radius 3 is 3.14 bits per heavy atom. The molecule has 3 aromatic rings. The third kappa shape index (κ3) is 1.82. The van der Waals surface area contributed by atoms with E-state index >= 15 is 0 Å². The Hall–Kier alpha value is -1.58. The molecule has 2 aliphatic heterocycles. The molecule has 0 radical (unpaired) electrons. The summed E-state index contributed by atoms with van der Waals surface area (Å²) in [5.41, 5.74) is 6.05. The second-order valence-corrected chi connectivity index (χ2v) is 7.36. The molecule has 2 nitrogen and oxygen atoms in total. The summed E-state index contributed by atoms with van der Waals surface area (Å²) in [5.74, 6) is 0.603. The molecule has 2 atom stereocenters. The maximum atomic E-state index is 3.73. The normalized spacial score (nSPS) is 24.2. The minimum atomic E-state index is 0.481. The van der Waals surface area contributed by atoms with Crippen LogP contribution in [0.25, 0.3) is 10.9 Å². The Kier molecular flexibility index (Phi) is 2.92. The molecule has 0 spiro atoms. The Bertz CT molecular complexity index is 815. The summed E-state index contributed by atoms with van der Waals surface area (Å²) in [6.07, 6.45) is 6.20. The van der Waals surface area contributed by atoms with Crippen molar-refractivity contribution in [2.75, 3.05) is 6.54 Å². The van der Waals surface area contributed by atoms with E-state index < -0.39 is 0 Å². The smallest absolute Gasteiger partial charge is 0.0515 e. The van der Waals surface area contributed by atoms with Crippen LogP contribution in [-0.4, -0.2) is 11.1 Å². The number of benzene rings is 1. The molecular weight excluding hydrogens is 288 g/mol. The van der Waals surface area contributed by atoms with Gasteiger partial charge in [0, 0.05) is 30.1 Å². The highest BCUT2D eigenvalue weighted by Gasteiger charge is 2.32. The molecule has 0 bridgehead atoms. The van der Waals surface area contributed by atoms with Gasteiger partial charge < -0.3 is 9.88 Å². The Balaban J connectivity index is 1.66. The van der Waals surface area contributed by atoms with E-state index in [9.17, 15) is 0 Å². The van der Waals surface area contributed by atoms with Crippen molar-refractivity contribution in [1.82, 2.24) is 9.88 Å². The van der Waals surface area contributed by atoms with Crippen LogP contribution in [0.2, 0.25) is 0 Å². The minimum absolute atomic E-state index is 0.481. The van der Waals surface area contributed by atoms with Crippen molar-refractivity contribution < 1.29 is 0 Å². The van der Waals surface area contributed by atoms with Crippen LogP contribution in [0.5, 0.6) is 0 Å². The van der Waals surface area contributed by atoms with Crippen LogP contribution in [-0.2, 0) is 13.0 Å². The fourth-order valence-corrected chi connectivity index (χ4v) is 5.12. The zero-order valence-electron chi connectivity index (χ0n) is 12.6. The standard InChI is InChI=1S/C19H20N2S/c1-3-13-4-2-9-21-11-17(16(5-1)19(13)21)15-6-8-20-18(15)14-7-10-22-12-14/h1,3,5,7,10-12,15,18,20H,2,4,6,8-9H2. The number of aromatic nitrogens is 1. The van der Waals surface area contributed by atoms with E-state index in [0.717, 1.165) is 6.54 Å². The molecule has 0 amide bonds. The fourth-order valence-electron chi connectivity index (χ4n) is 4.42. The van der Waals surface area contributed by atoms with E-state index in [1.165, 1.54) is 47.8 Å². The van der Waals surface area contributed by atoms with Crippen LogP contribution < -0.4 is 5.32 Å². The molecule has 0 aliphatic carbocycles. The minimum Gasteiger partial charge on any atom is -0.347 e. The van der Waals surface area contributed by atoms with Crippen LogP contribution in [0.3, 0.4) is 0 Å². The third-order valence-electron chi connectivity index (χ3n) is 5.38. The topological polar surface area (TPSA) is 17.0 Å². The number of para-hydroxylation sites is 1. The van der Waals surface area contributed by atoms with E-state index in [-0.39, 0.29) is 0 Å². The maximum absolute atomic E-state index is 3.73. The molecule has 112 valence electrons. The van der Waals surface area contributed by atoms with Gasteiger partial charge in [-0.15, -0.1) is 0 Å². The van der Waals surface area contributed by atoms with Crippen LogP contribution in [0.4, 0.5) is 0 Å². The van der Waals surface area contributed by atoms with Gasteiger partial charge >= 0.3 is 0 Å². The van der Waals surface area contributed by atoms with Crippen LogP contribution in [0.1, 0.15) is 41.5 Å². The van der Waals surface area contributed by atoms with Gasteiger partial charge in [0.15, 0.2) is 0 Å². The fraction of sp³-hybridized carbons (Fsp3) is 0.368. The van der Waals surface area contributed by atoms with E-state index in [1.54, 1.807) is 16.9 Å². The van der Waals surface area contributed by atoms with Gasteiger partial charge in [-0.3, -0.25) is 0 Å². The van der Waals surface area contributed by atoms with Crippen molar-refractivity contribution >= 4 is 22.2 Å². The molecule has 2 unspecified atom stereocenters. The first-order valence-corrected chi connectivity index (χ1v) is 9.22. The zero-order valence-corrected chi connectivity index (χ0v) is 13.4. The van der Waals surface area contributed by atoms with E-state index in [0.29, 0.717) is 12.0 Å². The number of rotatable bonds is 2. The summed E-state index contributed by atoms with van der Waals surface area (Å²) in [6, 6.07) is 9.65. The van der Waals surface area contributed by atoms with Crippen molar-refractivity contribution in [3.05, 3.63) is 57.9 Å². The van der Waals surface area contributed by atoms with Gasteiger partial charge in [0.25, 0.3) is 0 Å². The van der Waals surface area contributed by atoms with Gasteiger partial charge in [0.1, 0.15) is 0 Å². The average molecular weight is 308 g/mol. The number of aryl methyl sites for hydroxylation is 2. The molecule has 5 rings (SSSR count). The second-order valence-electron chi connectivity index (χ2n) is 6.58. The van der Waals surface area contributed by atoms with Crippen LogP contribution in [0.15, 0.2) is 41.2 Å².